The third-order valence-corrected chi connectivity index (χ3v) is 4.54. The normalized spacial score (nSPS) is 14.8. The van der Waals surface area contributed by atoms with E-state index in [-0.39, 0.29) is 12.5 Å². The molecule has 0 spiro atoms. The molecule has 0 aliphatic carbocycles. The van der Waals surface area contributed by atoms with Crippen LogP contribution < -0.4 is 10.8 Å². The standard InChI is InChI=1S/C18H36N2O5/c1-4-5-6-7-8-9-10-11-14(16(22)18(24)20-25)17(23)19-15(12-21)13(2)3/h13-16,21-22,25H,4-12H2,1-3H3,(H,19,23)(H,20,24)/t14-,15-,16+/m1/s1. The predicted molar refractivity (Wildman–Crippen MR) is 95.9 cm³/mol. The van der Waals surface area contributed by atoms with Crippen molar-refractivity contribution in [3.63, 3.8) is 0 Å². The van der Waals surface area contributed by atoms with Crippen LogP contribution in [0.1, 0.15) is 72.1 Å². The SMILES string of the molecule is CCCCCCCCC[C@@H](C(=O)N[C@H](CO)C(C)C)[C@H](O)C(=O)NO. The van der Waals surface area contributed by atoms with Gasteiger partial charge in [-0.3, -0.25) is 14.8 Å². The molecule has 0 fully saturated rings. The molecule has 7 nitrogen and oxygen atoms in total. The van der Waals surface area contributed by atoms with Gasteiger partial charge in [0.2, 0.25) is 5.91 Å². The molecule has 25 heavy (non-hydrogen) atoms. The van der Waals surface area contributed by atoms with Crippen LogP contribution in [0.5, 0.6) is 0 Å². The molecule has 0 radical (unpaired) electrons. The molecule has 0 aliphatic rings. The van der Waals surface area contributed by atoms with Gasteiger partial charge in [0.05, 0.1) is 18.6 Å². The molecule has 148 valence electrons. The molecule has 7 heteroatoms. The zero-order valence-corrected chi connectivity index (χ0v) is 15.8. The Hall–Kier alpha value is -1.18. The van der Waals surface area contributed by atoms with Crippen molar-refractivity contribution in [2.75, 3.05) is 6.61 Å². The second kappa shape index (κ2) is 14.0. The fourth-order valence-corrected chi connectivity index (χ4v) is 2.72. The van der Waals surface area contributed by atoms with Crippen LogP contribution >= 0.6 is 0 Å². The highest BCUT2D eigenvalue weighted by Crippen LogP contribution is 2.17. The second-order valence-corrected chi connectivity index (χ2v) is 6.98. The van der Waals surface area contributed by atoms with Gasteiger partial charge in [-0.25, -0.2) is 5.48 Å². The van der Waals surface area contributed by atoms with Crippen LogP contribution in [0, 0.1) is 11.8 Å². The Kier molecular flexibility index (Phi) is 13.4. The van der Waals surface area contributed by atoms with E-state index < -0.39 is 29.9 Å². The molecule has 0 aromatic rings. The molecule has 0 heterocycles. The van der Waals surface area contributed by atoms with Crippen molar-refractivity contribution >= 4 is 11.8 Å². The van der Waals surface area contributed by atoms with Gasteiger partial charge in [0, 0.05) is 0 Å². The summed E-state index contributed by atoms with van der Waals surface area (Å²) in [5, 5.41) is 30.8. The van der Waals surface area contributed by atoms with E-state index in [9.17, 15) is 19.8 Å². The lowest BCUT2D eigenvalue weighted by Gasteiger charge is -2.25. The Morgan fingerprint density at radius 3 is 2.00 bits per heavy atom. The van der Waals surface area contributed by atoms with E-state index in [0.717, 1.165) is 19.3 Å². The molecule has 0 bridgehead atoms. The first-order chi connectivity index (χ1) is 11.9. The maximum atomic E-state index is 12.4. The van der Waals surface area contributed by atoms with Gasteiger partial charge < -0.3 is 15.5 Å². The summed E-state index contributed by atoms with van der Waals surface area (Å²) in [4.78, 5) is 24.0. The molecule has 3 atom stereocenters. The Bertz CT molecular complexity index is 376. The number of unbranched alkanes of at least 4 members (excludes halogenated alkanes) is 6. The van der Waals surface area contributed by atoms with E-state index in [2.05, 4.69) is 12.2 Å². The van der Waals surface area contributed by atoms with Crippen molar-refractivity contribution < 1.29 is 25.0 Å². The van der Waals surface area contributed by atoms with Crippen molar-refractivity contribution in [3.05, 3.63) is 0 Å². The van der Waals surface area contributed by atoms with Crippen LogP contribution in [0.4, 0.5) is 0 Å². The first kappa shape index (κ1) is 23.8. The maximum absolute atomic E-state index is 12.4. The minimum absolute atomic E-state index is 0.0250. The summed E-state index contributed by atoms with van der Waals surface area (Å²) in [5.41, 5.74) is 1.40. The van der Waals surface area contributed by atoms with Crippen molar-refractivity contribution in [1.29, 1.82) is 0 Å². The molecular weight excluding hydrogens is 324 g/mol. The third-order valence-electron chi connectivity index (χ3n) is 4.54. The average Bonchev–Trinajstić information content (AvgIpc) is 2.60. The van der Waals surface area contributed by atoms with Crippen LogP contribution in [-0.4, -0.2) is 46.0 Å². The Morgan fingerprint density at radius 2 is 1.52 bits per heavy atom. The minimum atomic E-state index is -1.61. The first-order valence-electron chi connectivity index (χ1n) is 9.42. The number of rotatable bonds is 14. The van der Waals surface area contributed by atoms with Gasteiger partial charge in [-0.1, -0.05) is 65.7 Å². The highest BCUT2D eigenvalue weighted by molar-refractivity contribution is 5.88. The minimum Gasteiger partial charge on any atom is -0.394 e. The summed E-state index contributed by atoms with van der Waals surface area (Å²) in [6, 6.07) is -0.437. The van der Waals surface area contributed by atoms with E-state index >= 15 is 0 Å². The van der Waals surface area contributed by atoms with Crippen molar-refractivity contribution in [2.24, 2.45) is 11.8 Å². The second-order valence-electron chi connectivity index (χ2n) is 6.98. The zero-order chi connectivity index (χ0) is 19.2. The van der Waals surface area contributed by atoms with E-state index in [0.29, 0.717) is 12.8 Å². The van der Waals surface area contributed by atoms with E-state index in [1.165, 1.54) is 24.7 Å². The topological polar surface area (TPSA) is 119 Å². The average molecular weight is 360 g/mol. The highest BCUT2D eigenvalue weighted by atomic mass is 16.5. The van der Waals surface area contributed by atoms with Gasteiger partial charge in [0.25, 0.3) is 5.91 Å². The Balaban J connectivity index is 4.60. The molecule has 0 aromatic carbocycles. The number of hydrogen-bond acceptors (Lipinski definition) is 5. The summed E-state index contributed by atoms with van der Waals surface area (Å²) in [7, 11) is 0. The van der Waals surface area contributed by atoms with E-state index in [4.69, 9.17) is 5.21 Å². The Morgan fingerprint density at radius 1 is 0.960 bits per heavy atom. The Labute approximate surface area is 151 Å². The van der Waals surface area contributed by atoms with Crippen molar-refractivity contribution in [1.82, 2.24) is 10.8 Å². The zero-order valence-electron chi connectivity index (χ0n) is 15.8. The van der Waals surface area contributed by atoms with Gasteiger partial charge in [0.15, 0.2) is 0 Å². The van der Waals surface area contributed by atoms with E-state index in [1.54, 1.807) is 0 Å². The van der Waals surface area contributed by atoms with Gasteiger partial charge in [-0.2, -0.15) is 0 Å². The molecule has 0 aliphatic heterocycles. The van der Waals surface area contributed by atoms with Crippen LogP contribution in [0.3, 0.4) is 0 Å². The number of carbonyl (C=O) groups excluding carboxylic acids is 2. The number of hydroxylamine groups is 1. The molecule has 0 aromatic heterocycles. The predicted octanol–water partition coefficient (Wildman–Crippen LogP) is 1.74. The largest absolute Gasteiger partial charge is 0.394 e. The number of carbonyl (C=O) groups is 2. The van der Waals surface area contributed by atoms with Crippen molar-refractivity contribution in [3.8, 4) is 0 Å². The number of hydrogen-bond donors (Lipinski definition) is 5. The fourth-order valence-electron chi connectivity index (χ4n) is 2.72. The van der Waals surface area contributed by atoms with Gasteiger partial charge >= 0.3 is 0 Å². The monoisotopic (exact) mass is 360 g/mol. The lowest BCUT2D eigenvalue weighted by Crippen LogP contribution is -2.49. The fraction of sp³-hybridized carbons (Fsp3) is 0.889. The maximum Gasteiger partial charge on any atom is 0.272 e. The van der Waals surface area contributed by atoms with Gasteiger partial charge in [-0.15, -0.1) is 0 Å². The molecule has 0 saturated heterocycles. The number of nitrogens with one attached hydrogen (secondary N) is 2. The smallest absolute Gasteiger partial charge is 0.272 e. The van der Waals surface area contributed by atoms with Gasteiger partial charge in [0.1, 0.15) is 6.10 Å². The lowest BCUT2D eigenvalue weighted by atomic mass is 9.92. The van der Waals surface area contributed by atoms with Gasteiger partial charge in [-0.05, 0) is 12.3 Å². The third kappa shape index (κ3) is 9.77. The quantitative estimate of drug-likeness (QED) is 0.184. The summed E-state index contributed by atoms with van der Waals surface area (Å²) in [5.74, 6) is -2.39. The molecule has 5 N–H and O–H groups in total. The molecule has 0 rings (SSSR count). The van der Waals surface area contributed by atoms with Crippen molar-refractivity contribution in [2.45, 2.75) is 84.3 Å². The summed E-state index contributed by atoms with van der Waals surface area (Å²) in [6.45, 7) is 5.68. The summed E-state index contributed by atoms with van der Waals surface area (Å²) >= 11 is 0. The summed E-state index contributed by atoms with van der Waals surface area (Å²) in [6.07, 6.45) is 6.18. The van der Waals surface area contributed by atoms with Crippen LogP contribution in [0.25, 0.3) is 0 Å². The van der Waals surface area contributed by atoms with Crippen LogP contribution in [0.2, 0.25) is 0 Å². The number of aliphatic hydroxyl groups is 2. The highest BCUT2D eigenvalue weighted by Gasteiger charge is 2.33. The van der Waals surface area contributed by atoms with Crippen LogP contribution in [0.15, 0.2) is 0 Å². The van der Waals surface area contributed by atoms with E-state index in [1.807, 2.05) is 13.8 Å². The molecule has 0 saturated carbocycles. The molecule has 2 amide bonds. The molecule has 0 unspecified atom stereocenters. The molecular formula is C18H36N2O5. The number of amides is 2. The first-order valence-corrected chi connectivity index (χ1v) is 9.42. The number of aliphatic hydroxyl groups excluding tert-OH is 2. The van der Waals surface area contributed by atoms with Crippen LogP contribution in [-0.2, 0) is 9.59 Å². The summed E-state index contributed by atoms with van der Waals surface area (Å²) < 4.78 is 0. The lowest BCUT2D eigenvalue weighted by molar-refractivity contribution is -0.146.